The minimum absolute atomic E-state index is 0.0519. The van der Waals surface area contributed by atoms with E-state index in [1.165, 1.54) is 25.2 Å². The number of halogens is 5. The molecule has 1 aromatic carbocycles. The molecule has 25 heavy (non-hydrogen) atoms. The minimum atomic E-state index is -4.60. The van der Waals surface area contributed by atoms with Gasteiger partial charge in [0.25, 0.3) is 5.91 Å². The van der Waals surface area contributed by atoms with E-state index in [9.17, 15) is 22.4 Å². The number of carbonyl (C=O) groups is 1. The molecular weight excluding hydrogens is 364 g/mol. The van der Waals surface area contributed by atoms with E-state index in [1.54, 1.807) is 0 Å². The Morgan fingerprint density at radius 2 is 2.00 bits per heavy atom. The number of anilines is 1. The van der Waals surface area contributed by atoms with Crippen LogP contribution in [0.4, 0.5) is 23.2 Å². The molecule has 0 spiro atoms. The molecule has 3 rings (SSSR count). The molecule has 10 heteroatoms. The molecule has 2 heterocycles. The normalized spacial score (nSPS) is 11.8. The summed E-state index contributed by atoms with van der Waals surface area (Å²) in [5.74, 6) is -2.55. The summed E-state index contributed by atoms with van der Waals surface area (Å²) in [5.41, 5.74) is 0.287. The van der Waals surface area contributed by atoms with Crippen LogP contribution in [0, 0.1) is 5.82 Å². The van der Waals surface area contributed by atoms with E-state index in [0.717, 1.165) is 16.8 Å². The van der Waals surface area contributed by atoms with Crippen LogP contribution in [0.25, 0.3) is 11.0 Å². The van der Waals surface area contributed by atoms with Crippen molar-refractivity contribution in [2.45, 2.75) is 6.18 Å². The van der Waals surface area contributed by atoms with Crippen molar-refractivity contribution < 1.29 is 22.4 Å². The minimum Gasteiger partial charge on any atom is -0.323 e. The molecule has 0 unspecified atom stereocenters. The summed E-state index contributed by atoms with van der Waals surface area (Å²) in [5, 5.41) is 2.23. The van der Waals surface area contributed by atoms with E-state index in [1.807, 2.05) is 0 Å². The first-order chi connectivity index (χ1) is 11.7. The lowest BCUT2D eigenvalue weighted by atomic mass is 10.2. The van der Waals surface area contributed by atoms with Gasteiger partial charge in [-0.2, -0.15) is 13.2 Å². The number of imidazole rings is 1. The van der Waals surface area contributed by atoms with Gasteiger partial charge >= 0.3 is 6.18 Å². The maximum Gasteiger partial charge on any atom is 0.449 e. The third kappa shape index (κ3) is 3.27. The van der Waals surface area contributed by atoms with Crippen molar-refractivity contribution in [3.05, 3.63) is 52.8 Å². The van der Waals surface area contributed by atoms with Gasteiger partial charge in [0.15, 0.2) is 0 Å². The number of carbonyl (C=O) groups excluding carboxylic acids is 1. The first-order valence-electron chi connectivity index (χ1n) is 6.83. The average Bonchev–Trinajstić information content (AvgIpc) is 2.86. The molecule has 0 saturated carbocycles. The molecule has 2 aromatic heterocycles. The van der Waals surface area contributed by atoms with Crippen LogP contribution in [0.15, 0.2) is 30.5 Å². The molecule has 3 aromatic rings. The van der Waals surface area contributed by atoms with Crippen molar-refractivity contribution in [1.29, 1.82) is 0 Å². The lowest BCUT2D eigenvalue weighted by molar-refractivity contribution is -0.146. The summed E-state index contributed by atoms with van der Waals surface area (Å²) in [6, 6.07) is 4.98. The second kappa shape index (κ2) is 5.99. The van der Waals surface area contributed by atoms with Gasteiger partial charge in [-0.3, -0.25) is 4.79 Å². The molecule has 0 bridgehead atoms. The topological polar surface area (TPSA) is 59.8 Å². The Morgan fingerprint density at radius 3 is 2.68 bits per heavy atom. The Labute approximate surface area is 143 Å². The zero-order chi connectivity index (χ0) is 18.4. The van der Waals surface area contributed by atoms with Gasteiger partial charge in [0, 0.05) is 12.7 Å². The van der Waals surface area contributed by atoms with Crippen LogP contribution in [-0.4, -0.2) is 20.4 Å². The molecule has 1 amide bonds. The number of aromatic nitrogens is 3. The SMILES string of the molecule is Cn1c(C(F)(F)F)nc2cc(NC(=O)c3cc(F)cnc3Cl)ccc21. The smallest absolute Gasteiger partial charge is 0.323 e. The third-order valence-corrected chi connectivity index (χ3v) is 3.74. The number of aryl methyl sites for hydroxylation is 1. The van der Waals surface area contributed by atoms with Crippen molar-refractivity contribution in [3.8, 4) is 0 Å². The largest absolute Gasteiger partial charge is 0.449 e. The molecule has 0 aliphatic rings. The molecule has 0 radical (unpaired) electrons. The fraction of sp³-hybridized carbons (Fsp3) is 0.133. The first kappa shape index (κ1) is 17.2. The van der Waals surface area contributed by atoms with E-state index >= 15 is 0 Å². The van der Waals surface area contributed by atoms with Crippen LogP contribution in [0.2, 0.25) is 5.15 Å². The van der Waals surface area contributed by atoms with E-state index in [-0.39, 0.29) is 27.4 Å². The molecule has 1 N–H and O–H groups in total. The number of rotatable bonds is 2. The quantitative estimate of drug-likeness (QED) is 0.545. The van der Waals surface area contributed by atoms with Crippen LogP contribution >= 0.6 is 11.6 Å². The second-order valence-corrected chi connectivity index (χ2v) is 5.50. The summed E-state index contributed by atoms with van der Waals surface area (Å²) in [6.45, 7) is 0. The highest BCUT2D eigenvalue weighted by Crippen LogP contribution is 2.31. The van der Waals surface area contributed by atoms with Gasteiger partial charge < -0.3 is 9.88 Å². The van der Waals surface area contributed by atoms with Crippen molar-refractivity contribution in [2.24, 2.45) is 7.05 Å². The number of benzene rings is 1. The van der Waals surface area contributed by atoms with E-state index in [4.69, 9.17) is 11.6 Å². The highest BCUT2D eigenvalue weighted by Gasteiger charge is 2.36. The van der Waals surface area contributed by atoms with E-state index in [0.29, 0.717) is 0 Å². The Hall–Kier alpha value is -2.68. The van der Waals surface area contributed by atoms with Gasteiger partial charge in [-0.05, 0) is 24.3 Å². The predicted molar refractivity (Wildman–Crippen MR) is 82.9 cm³/mol. The van der Waals surface area contributed by atoms with E-state index < -0.39 is 23.7 Å². The average molecular weight is 373 g/mol. The lowest BCUT2D eigenvalue weighted by Crippen LogP contribution is -2.13. The lowest BCUT2D eigenvalue weighted by Gasteiger charge is -2.07. The molecule has 5 nitrogen and oxygen atoms in total. The number of pyridine rings is 1. The first-order valence-corrected chi connectivity index (χ1v) is 7.20. The highest BCUT2D eigenvalue weighted by molar-refractivity contribution is 6.33. The fourth-order valence-corrected chi connectivity index (χ4v) is 2.50. The number of hydrogen-bond acceptors (Lipinski definition) is 3. The Bertz CT molecular complexity index is 984. The highest BCUT2D eigenvalue weighted by atomic mass is 35.5. The molecule has 130 valence electrons. The Kier molecular flexibility index (Phi) is 4.11. The Morgan fingerprint density at radius 1 is 1.28 bits per heavy atom. The summed E-state index contributed by atoms with van der Waals surface area (Å²) < 4.78 is 52.8. The third-order valence-electron chi connectivity index (χ3n) is 3.44. The number of fused-ring (bicyclic) bond motifs is 1. The van der Waals surface area contributed by atoms with Crippen LogP contribution in [0.5, 0.6) is 0 Å². The van der Waals surface area contributed by atoms with Crippen molar-refractivity contribution in [2.75, 3.05) is 5.32 Å². The van der Waals surface area contributed by atoms with Crippen molar-refractivity contribution in [1.82, 2.24) is 14.5 Å². The molecule has 0 saturated heterocycles. The van der Waals surface area contributed by atoms with Crippen LogP contribution in [-0.2, 0) is 13.2 Å². The zero-order valence-electron chi connectivity index (χ0n) is 12.5. The fourth-order valence-electron chi connectivity index (χ4n) is 2.31. The number of alkyl halides is 3. The van der Waals surface area contributed by atoms with Gasteiger partial charge in [0.2, 0.25) is 5.82 Å². The van der Waals surface area contributed by atoms with Gasteiger partial charge in [-0.25, -0.2) is 14.4 Å². The Balaban J connectivity index is 1.95. The molecule has 0 aliphatic heterocycles. The summed E-state index contributed by atoms with van der Waals surface area (Å²) >= 11 is 5.75. The van der Waals surface area contributed by atoms with Crippen molar-refractivity contribution >= 4 is 34.2 Å². The van der Waals surface area contributed by atoms with Gasteiger partial charge in [-0.15, -0.1) is 0 Å². The van der Waals surface area contributed by atoms with Gasteiger partial charge in [0.1, 0.15) is 11.0 Å². The summed E-state index contributed by atoms with van der Waals surface area (Å²) in [6.07, 6.45) is -3.74. The van der Waals surface area contributed by atoms with Crippen LogP contribution in [0.3, 0.4) is 0 Å². The standard InChI is InChI=1S/C15H9ClF4N4O/c1-24-11-3-2-8(5-10(11)23-14(24)15(18,19)20)22-13(25)9-4-7(17)6-21-12(9)16/h2-6H,1H3,(H,22,25). The monoisotopic (exact) mass is 372 g/mol. The second-order valence-electron chi connectivity index (χ2n) is 5.14. The predicted octanol–water partition coefficient (Wildman–Crippen LogP) is 4.03. The van der Waals surface area contributed by atoms with E-state index in [2.05, 4.69) is 15.3 Å². The number of hydrogen-bond donors (Lipinski definition) is 1. The maximum absolute atomic E-state index is 13.2. The van der Waals surface area contributed by atoms with Crippen molar-refractivity contribution in [3.63, 3.8) is 0 Å². The molecule has 0 atom stereocenters. The molecular formula is C15H9ClF4N4O. The van der Waals surface area contributed by atoms with Crippen LogP contribution < -0.4 is 5.32 Å². The number of nitrogens with one attached hydrogen (secondary N) is 1. The van der Waals surface area contributed by atoms with Crippen LogP contribution in [0.1, 0.15) is 16.2 Å². The number of nitrogens with zero attached hydrogens (tertiary/aromatic N) is 3. The molecule has 0 fully saturated rings. The zero-order valence-corrected chi connectivity index (χ0v) is 13.3. The van der Waals surface area contributed by atoms with Gasteiger partial charge in [-0.1, -0.05) is 11.6 Å². The molecule has 0 aliphatic carbocycles. The summed E-state index contributed by atoms with van der Waals surface area (Å²) in [4.78, 5) is 19.2. The maximum atomic E-state index is 13.2. The summed E-state index contributed by atoms with van der Waals surface area (Å²) in [7, 11) is 1.24. The van der Waals surface area contributed by atoms with Gasteiger partial charge in [0.05, 0.1) is 22.8 Å². The number of amides is 1.